The van der Waals surface area contributed by atoms with Gasteiger partial charge in [-0.3, -0.25) is 4.79 Å². The van der Waals surface area contributed by atoms with E-state index in [1.807, 2.05) is 0 Å². The maximum Gasteiger partial charge on any atom is 0.251 e. The first-order valence-electron chi connectivity index (χ1n) is 8.03. The van der Waals surface area contributed by atoms with E-state index in [4.69, 9.17) is 18.9 Å². The molecular formula is C20H23NO5. The Balaban J connectivity index is 2.05. The van der Waals surface area contributed by atoms with Crippen LogP contribution in [-0.4, -0.2) is 33.8 Å². The lowest BCUT2D eigenvalue weighted by molar-refractivity contribution is 0.0951. The van der Waals surface area contributed by atoms with Crippen molar-refractivity contribution in [2.75, 3.05) is 27.9 Å². The van der Waals surface area contributed by atoms with Crippen LogP contribution in [0.25, 0.3) is 0 Å². The fraction of sp³-hybridized carbons (Fsp3) is 0.250. The summed E-state index contributed by atoms with van der Waals surface area (Å²) < 4.78 is 21.3. The highest BCUT2D eigenvalue weighted by molar-refractivity contribution is 5.94. The van der Waals surface area contributed by atoms with Gasteiger partial charge < -0.3 is 24.3 Å². The molecule has 0 saturated carbocycles. The molecule has 0 radical (unpaired) electrons. The molecule has 0 spiro atoms. The molecule has 0 heterocycles. The minimum Gasteiger partial charge on any atom is -0.493 e. The van der Waals surface area contributed by atoms with Gasteiger partial charge in [0, 0.05) is 12.1 Å². The lowest BCUT2D eigenvalue weighted by Gasteiger charge is -2.14. The van der Waals surface area contributed by atoms with E-state index < -0.39 is 0 Å². The molecular weight excluding hydrogens is 334 g/mol. The Hall–Kier alpha value is -3.15. The summed E-state index contributed by atoms with van der Waals surface area (Å²) in [7, 11) is 4.65. The Morgan fingerprint density at radius 2 is 1.65 bits per heavy atom. The summed E-state index contributed by atoms with van der Waals surface area (Å²) in [6, 6.07) is 10.5. The second-order valence-electron chi connectivity index (χ2n) is 5.34. The maximum absolute atomic E-state index is 12.3. The number of carbonyl (C=O) groups is 1. The molecule has 1 N–H and O–H groups in total. The van der Waals surface area contributed by atoms with E-state index in [1.165, 1.54) is 0 Å². The van der Waals surface area contributed by atoms with E-state index in [0.717, 1.165) is 5.56 Å². The molecule has 6 nitrogen and oxygen atoms in total. The number of nitrogens with one attached hydrogen (secondary N) is 1. The number of hydrogen-bond donors (Lipinski definition) is 1. The monoisotopic (exact) mass is 357 g/mol. The molecule has 1 amide bonds. The smallest absolute Gasteiger partial charge is 0.251 e. The first-order chi connectivity index (χ1) is 12.6. The Morgan fingerprint density at radius 1 is 1.04 bits per heavy atom. The summed E-state index contributed by atoms with van der Waals surface area (Å²) in [5.41, 5.74) is 1.38. The van der Waals surface area contributed by atoms with E-state index >= 15 is 0 Å². The Morgan fingerprint density at radius 3 is 2.15 bits per heavy atom. The van der Waals surface area contributed by atoms with Crippen LogP contribution in [0, 0.1) is 0 Å². The van der Waals surface area contributed by atoms with Crippen molar-refractivity contribution in [3.05, 3.63) is 60.2 Å². The predicted molar refractivity (Wildman–Crippen MR) is 99.4 cm³/mol. The number of carbonyl (C=O) groups excluding carboxylic acids is 1. The zero-order chi connectivity index (χ0) is 18.9. The Kier molecular flexibility index (Phi) is 6.91. The molecule has 0 aliphatic rings. The molecule has 0 aliphatic carbocycles. The predicted octanol–water partition coefficient (Wildman–Crippen LogP) is 3.21. The highest BCUT2D eigenvalue weighted by atomic mass is 16.5. The Labute approximate surface area is 153 Å². The number of amides is 1. The van der Waals surface area contributed by atoms with E-state index in [-0.39, 0.29) is 5.91 Å². The van der Waals surface area contributed by atoms with Crippen molar-refractivity contribution in [3.8, 4) is 23.0 Å². The minimum absolute atomic E-state index is 0.186. The van der Waals surface area contributed by atoms with Crippen LogP contribution in [0.3, 0.4) is 0 Å². The highest BCUT2D eigenvalue weighted by Gasteiger charge is 2.14. The summed E-state index contributed by atoms with van der Waals surface area (Å²) in [6.07, 6.45) is 1.66. The van der Waals surface area contributed by atoms with Crippen molar-refractivity contribution in [2.24, 2.45) is 0 Å². The zero-order valence-corrected chi connectivity index (χ0v) is 15.2. The van der Waals surface area contributed by atoms with Crippen molar-refractivity contribution in [1.82, 2.24) is 5.32 Å². The van der Waals surface area contributed by atoms with Gasteiger partial charge in [-0.1, -0.05) is 12.7 Å². The van der Waals surface area contributed by atoms with Gasteiger partial charge in [0.2, 0.25) is 5.75 Å². The number of benzene rings is 2. The van der Waals surface area contributed by atoms with Gasteiger partial charge in [0.25, 0.3) is 5.91 Å². The number of methoxy groups -OCH3 is 3. The SMILES string of the molecule is C=CCOc1ccc(C(=O)NCc2cc(OC)c(OC)c(OC)c2)cc1. The van der Waals surface area contributed by atoms with Crippen LogP contribution in [0.4, 0.5) is 0 Å². The quantitative estimate of drug-likeness (QED) is 0.698. The summed E-state index contributed by atoms with van der Waals surface area (Å²) in [6.45, 7) is 4.34. The molecule has 0 fully saturated rings. The van der Waals surface area contributed by atoms with Crippen LogP contribution >= 0.6 is 0 Å². The van der Waals surface area contributed by atoms with Crippen LogP contribution in [0.5, 0.6) is 23.0 Å². The van der Waals surface area contributed by atoms with Crippen molar-refractivity contribution in [1.29, 1.82) is 0 Å². The molecule has 0 saturated heterocycles. The third kappa shape index (κ3) is 4.69. The lowest BCUT2D eigenvalue weighted by atomic mass is 10.1. The van der Waals surface area contributed by atoms with Crippen molar-refractivity contribution >= 4 is 5.91 Å². The molecule has 0 aliphatic heterocycles. The van der Waals surface area contributed by atoms with E-state index in [2.05, 4.69) is 11.9 Å². The zero-order valence-electron chi connectivity index (χ0n) is 15.2. The van der Waals surface area contributed by atoms with Crippen molar-refractivity contribution < 1.29 is 23.7 Å². The topological polar surface area (TPSA) is 66.0 Å². The third-order valence-corrected chi connectivity index (χ3v) is 3.66. The van der Waals surface area contributed by atoms with Crippen LogP contribution in [-0.2, 0) is 6.54 Å². The van der Waals surface area contributed by atoms with Gasteiger partial charge in [0.05, 0.1) is 21.3 Å². The van der Waals surface area contributed by atoms with Gasteiger partial charge in [-0.05, 0) is 42.0 Å². The average Bonchev–Trinajstić information content (AvgIpc) is 2.69. The molecule has 0 atom stereocenters. The first-order valence-corrected chi connectivity index (χ1v) is 8.03. The number of hydrogen-bond acceptors (Lipinski definition) is 5. The van der Waals surface area contributed by atoms with Crippen LogP contribution in [0.2, 0.25) is 0 Å². The molecule has 0 aromatic heterocycles. The molecule has 6 heteroatoms. The molecule has 26 heavy (non-hydrogen) atoms. The van der Waals surface area contributed by atoms with Gasteiger partial charge >= 0.3 is 0 Å². The van der Waals surface area contributed by atoms with Crippen molar-refractivity contribution in [2.45, 2.75) is 6.54 Å². The summed E-state index contributed by atoms with van der Waals surface area (Å²) in [4.78, 5) is 12.3. The van der Waals surface area contributed by atoms with E-state index in [1.54, 1.807) is 63.8 Å². The lowest BCUT2D eigenvalue weighted by Crippen LogP contribution is -2.22. The van der Waals surface area contributed by atoms with Crippen LogP contribution in [0.15, 0.2) is 49.1 Å². The van der Waals surface area contributed by atoms with Gasteiger partial charge in [-0.2, -0.15) is 0 Å². The number of ether oxygens (including phenoxy) is 4. The standard InChI is InChI=1S/C20H23NO5/c1-5-10-26-16-8-6-15(7-9-16)20(22)21-13-14-11-17(23-2)19(25-4)18(12-14)24-3/h5-9,11-12H,1,10,13H2,2-4H3,(H,21,22). The van der Waals surface area contributed by atoms with Gasteiger partial charge in [-0.15, -0.1) is 0 Å². The summed E-state index contributed by atoms with van der Waals surface area (Å²) in [5, 5.41) is 2.87. The molecule has 138 valence electrons. The molecule has 0 unspecified atom stereocenters. The maximum atomic E-state index is 12.3. The second-order valence-corrected chi connectivity index (χ2v) is 5.34. The number of rotatable bonds is 9. The molecule has 2 rings (SSSR count). The van der Waals surface area contributed by atoms with Gasteiger partial charge in [-0.25, -0.2) is 0 Å². The second kappa shape index (κ2) is 9.36. The normalized spacial score (nSPS) is 9.96. The Bertz CT molecular complexity index is 730. The van der Waals surface area contributed by atoms with E-state index in [9.17, 15) is 4.79 Å². The molecule has 2 aromatic carbocycles. The van der Waals surface area contributed by atoms with Gasteiger partial charge in [0.15, 0.2) is 11.5 Å². The minimum atomic E-state index is -0.186. The first kappa shape index (κ1) is 19.2. The largest absolute Gasteiger partial charge is 0.493 e. The summed E-state index contributed by atoms with van der Waals surface area (Å²) >= 11 is 0. The fourth-order valence-electron chi connectivity index (χ4n) is 2.38. The van der Waals surface area contributed by atoms with Crippen LogP contribution < -0.4 is 24.3 Å². The fourth-order valence-corrected chi connectivity index (χ4v) is 2.38. The van der Waals surface area contributed by atoms with Crippen molar-refractivity contribution in [3.63, 3.8) is 0 Å². The molecule has 0 bridgehead atoms. The van der Waals surface area contributed by atoms with Gasteiger partial charge in [0.1, 0.15) is 12.4 Å². The third-order valence-electron chi connectivity index (χ3n) is 3.66. The summed E-state index contributed by atoms with van der Waals surface area (Å²) in [5.74, 6) is 2.10. The average molecular weight is 357 g/mol. The molecule has 2 aromatic rings. The van der Waals surface area contributed by atoms with E-state index in [0.29, 0.717) is 41.7 Å². The highest BCUT2D eigenvalue weighted by Crippen LogP contribution is 2.38. The van der Waals surface area contributed by atoms with Crippen LogP contribution in [0.1, 0.15) is 15.9 Å².